The topological polar surface area (TPSA) is 83.9 Å². The minimum Gasteiger partial charge on any atom is -0.378 e. The van der Waals surface area contributed by atoms with Gasteiger partial charge in [0.05, 0.1) is 19.0 Å². The molecular weight excluding hydrogens is 448 g/mol. The van der Waals surface area contributed by atoms with Crippen molar-refractivity contribution in [3.8, 4) is 0 Å². The number of benzene rings is 1. The highest BCUT2D eigenvalue weighted by Gasteiger charge is 2.34. The number of aliphatic imine (C=N–C) groups is 1. The van der Waals surface area contributed by atoms with Crippen molar-refractivity contribution in [3.05, 3.63) is 53.7 Å². The van der Waals surface area contributed by atoms with Crippen molar-refractivity contribution in [2.24, 2.45) is 10.9 Å². The maximum Gasteiger partial charge on any atom is 0.208 e. The molecule has 1 saturated carbocycles. The molecule has 1 unspecified atom stereocenters. The average Bonchev–Trinajstić information content (AvgIpc) is 3.33. The van der Waals surface area contributed by atoms with Crippen LogP contribution in [0, 0.1) is 5.92 Å². The zero-order valence-electron chi connectivity index (χ0n) is 19.8. The zero-order chi connectivity index (χ0) is 23.5. The van der Waals surface area contributed by atoms with E-state index in [4.69, 9.17) is 4.74 Å². The van der Waals surface area contributed by atoms with Gasteiger partial charge < -0.3 is 9.64 Å². The van der Waals surface area contributed by atoms with Gasteiger partial charge in [-0.15, -0.1) is 0 Å². The number of hydrogen-bond acceptors (Lipinski definition) is 6. The Morgan fingerprint density at radius 3 is 2.65 bits per heavy atom. The Morgan fingerprint density at radius 2 is 1.88 bits per heavy atom. The van der Waals surface area contributed by atoms with E-state index in [1.807, 2.05) is 18.5 Å². The number of anilines is 1. The fourth-order valence-electron chi connectivity index (χ4n) is 5.62. The molecule has 1 aromatic heterocycles. The van der Waals surface area contributed by atoms with Gasteiger partial charge in [-0.1, -0.05) is 30.3 Å². The minimum atomic E-state index is -3.29. The second-order valence-corrected chi connectivity index (χ2v) is 11.6. The smallest absolute Gasteiger partial charge is 0.208 e. The highest BCUT2D eigenvalue weighted by molar-refractivity contribution is 7.88. The van der Waals surface area contributed by atoms with E-state index >= 15 is 0 Å². The fourth-order valence-corrected chi connectivity index (χ4v) is 6.49. The van der Waals surface area contributed by atoms with E-state index < -0.39 is 10.0 Å². The number of rotatable bonds is 7. The molecule has 1 N–H and O–H groups in total. The Kier molecular flexibility index (Phi) is 6.99. The average molecular weight is 483 g/mol. The molecular formula is C26H34N4O3S. The lowest BCUT2D eigenvalue weighted by atomic mass is 9.82. The molecule has 0 spiro atoms. The Balaban J connectivity index is 1.23. The van der Waals surface area contributed by atoms with Crippen molar-refractivity contribution in [2.75, 3.05) is 30.9 Å². The Hall–Kier alpha value is -2.29. The van der Waals surface area contributed by atoms with E-state index in [0.29, 0.717) is 19.1 Å². The number of piperidine rings is 1. The predicted molar refractivity (Wildman–Crippen MR) is 136 cm³/mol. The van der Waals surface area contributed by atoms with Gasteiger partial charge in [-0.2, -0.15) is 0 Å². The van der Waals surface area contributed by atoms with Crippen LogP contribution in [-0.4, -0.2) is 57.7 Å². The number of ether oxygens (including phenoxy) is 1. The van der Waals surface area contributed by atoms with Crippen LogP contribution in [0.5, 0.6) is 0 Å². The van der Waals surface area contributed by atoms with Crippen LogP contribution in [0.25, 0.3) is 0 Å². The van der Waals surface area contributed by atoms with E-state index in [9.17, 15) is 8.42 Å². The van der Waals surface area contributed by atoms with Gasteiger partial charge in [0, 0.05) is 43.9 Å². The Bertz CT molecular complexity index is 1110. The summed E-state index contributed by atoms with van der Waals surface area (Å²) >= 11 is 0. The van der Waals surface area contributed by atoms with Crippen LogP contribution < -0.4 is 9.62 Å². The van der Waals surface area contributed by atoms with Gasteiger partial charge in [0.15, 0.2) is 5.82 Å². The zero-order valence-corrected chi connectivity index (χ0v) is 20.6. The number of sulfonamides is 1. The molecule has 0 bridgehead atoms. The lowest BCUT2D eigenvalue weighted by Gasteiger charge is -2.40. The van der Waals surface area contributed by atoms with E-state index in [2.05, 4.69) is 49.9 Å². The predicted octanol–water partition coefficient (Wildman–Crippen LogP) is 3.83. The first-order valence-electron chi connectivity index (χ1n) is 12.4. The van der Waals surface area contributed by atoms with Crippen LogP contribution in [0.1, 0.15) is 49.1 Å². The van der Waals surface area contributed by atoms with Crippen LogP contribution in [0.4, 0.5) is 11.5 Å². The largest absolute Gasteiger partial charge is 0.378 e. The lowest BCUT2D eigenvalue weighted by Crippen LogP contribution is -2.52. The van der Waals surface area contributed by atoms with Crippen molar-refractivity contribution < 1.29 is 13.2 Å². The van der Waals surface area contributed by atoms with Crippen LogP contribution in [-0.2, 0) is 21.2 Å². The first-order valence-corrected chi connectivity index (χ1v) is 14.2. The van der Waals surface area contributed by atoms with E-state index in [-0.39, 0.29) is 18.1 Å². The Morgan fingerprint density at radius 1 is 1.09 bits per heavy atom. The summed E-state index contributed by atoms with van der Waals surface area (Å²) in [5, 5.41) is 0. The third-order valence-electron chi connectivity index (χ3n) is 7.41. The summed E-state index contributed by atoms with van der Waals surface area (Å²) in [6.07, 6.45) is 11.2. The molecule has 1 aliphatic carbocycles. The number of nitrogens with one attached hydrogen (secondary N) is 1. The summed E-state index contributed by atoms with van der Waals surface area (Å²) in [5.41, 5.74) is 3.58. The van der Waals surface area contributed by atoms with Crippen LogP contribution in [0.2, 0.25) is 0 Å². The second-order valence-electron chi connectivity index (χ2n) is 9.87. The summed E-state index contributed by atoms with van der Waals surface area (Å²) in [6.45, 7) is 1.99. The van der Waals surface area contributed by atoms with Crippen LogP contribution in [0.15, 0.2) is 47.6 Å². The summed E-state index contributed by atoms with van der Waals surface area (Å²) in [4.78, 5) is 11.4. The molecule has 2 aliphatic heterocycles. The number of nitrogens with zero attached hydrogens (tertiary/aromatic N) is 3. The number of hydrogen-bond donors (Lipinski definition) is 1. The van der Waals surface area contributed by atoms with Gasteiger partial charge in [0.2, 0.25) is 10.0 Å². The highest BCUT2D eigenvalue weighted by atomic mass is 32.2. The minimum absolute atomic E-state index is 0.0540. The van der Waals surface area contributed by atoms with Gasteiger partial charge in [-0.3, -0.25) is 4.99 Å². The van der Waals surface area contributed by atoms with Crippen LogP contribution >= 0.6 is 0 Å². The molecule has 1 aromatic carbocycles. The molecule has 182 valence electrons. The quantitative estimate of drug-likeness (QED) is 0.649. The number of aromatic nitrogens is 1. The third kappa shape index (κ3) is 5.50. The van der Waals surface area contributed by atoms with Gasteiger partial charge in [-0.25, -0.2) is 18.1 Å². The summed E-state index contributed by atoms with van der Waals surface area (Å²) in [5.74, 6) is 1.56. The van der Waals surface area contributed by atoms with Gasteiger partial charge in [0.1, 0.15) is 5.69 Å². The summed E-state index contributed by atoms with van der Waals surface area (Å²) in [6, 6.07) is 12.6. The van der Waals surface area contributed by atoms with Crippen molar-refractivity contribution in [1.82, 2.24) is 9.71 Å². The molecule has 0 radical (unpaired) electrons. The number of pyridine rings is 1. The SMILES string of the molecule is CS(=O)(=O)NC1CCN(c2nccc3c2N=CC3)C[C@H]1COC1CCC(c2ccccc2)CC1. The maximum atomic E-state index is 12.0. The van der Waals surface area contributed by atoms with Crippen LogP contribution in [0.3, 0.4) is 0 Å². The monoisotopic (exact) mass is 482 g/mol. The molecule has 2 aromatic rings. The third-order valence-corrected chi connectivity index (χ3v) is 8.14. The molecule has 2 atom stereocenters. The molecule has 3 heterocycles. The fraction of sp³-hybridized carbons (Fsp3) is 0.538. The molecule has 0 amide bonds. The number of fused-ring (bicyclic) bond motifs is 1. The first kappa shape index (κ1) is 23.5. The van der Waals surface area contributed by atoms with Crippen molar-refractivity contribution in [1.29, 1.82) is 0 Å². The molecule has 8 heteroatoms. The maximum absolute atomic E-state index is 12.0. The standard InChI is InChI=1S/C26H34N4O3S/c1-34(31,32)29-24-13-16-30(26-25-21(11-14-27-25)12-15-28-26)17-22(24)18-33-23-9-7-20(8-10-23)19-5-3-2-4-6-19/h2-6,12,14-15,20,22-24,29H,7-11,13,16-18H2,1H3/t20?,22-,23?,24?/m0/s1. The molecule has 5 rings (SSSR count). The van der Waals surface area contributed by atoms with E-state index in [1.54, 1.807) is 0 Å². The van der Waals surface area contributed by atoms with E-state index in [1.165, 1.54) is 17.4 Å². The molecule has 7 nitrogen and oxygen atoms in total. The second kappa shape index (κ2) is 10.1. The van der Waals surface area contributed by atoms with Gasteiger partial charge >= 0.3 is 0 Å². The van der Waals surface area contributed by atoms with Gasteiger partial charge in [-0.05, 0) is 55.2 Å². The van der Waals surface area contributed by atoms with Crippen molar-refractivity contribution in [3.63, 3.8) is 0 Å². The summed E-state index contributed by atoms with van der Waals surface area (Å²) in [7, 11) is -3.29. The molecule has 34 heavy (non-hydrogen) atoms. The van der Waals surface area contributed by atoms with Gasteiger partial charge in [0.25, 0.3) is 0 Å². The van der Waals surface area contributed by atoms with Crippen molar-refractivity contribution >= 4 is 27.7 Å². The highest BCUT2D eigenvalue weighted by Crippen LogP contribution is 2.37. The molecule has 2 fully saturated rings. The summed E-state index contributed by atoms with van der Waals surface area (Å²) < 4.78 is 33.3. The van der Waals surface area contributed by atoms with E-state index in [0.717, 1.165) is 56.6 Å². The Labute approximate surface area is 202 Å². The van der Waals surface area contributed by atoms with Crippen molar-refractivity contribution in [2.45, 2.75) is 56.6 Å². The molecule has 3 aliphatic rings. The first-order chi connectivity index (χ1) is 16.5. The normalized spacial score (nSPS) is 27.0. The molecule has 1 saturated heterocycles. The lowest BCUT2D eigenvalue weighted by molar-refractivity contribution is -0.00213.